The zero-order valence-electron chi connectivity index (χ0n) is 12.5. The van der Waals surface area contributed by atoms with Crippen LogP contribution in [0.25, 0.3) is 0 Å². The van der Waals surface area contributed by atoms with Gasteiger partial charge in [0.2, 0.25) is 0 Å². The van der Waals surface area contributed by atoms with Gasteiger partial charge in [0.05, 0.1) is 4.92 Å². The molecule has 1 rings (SSSR count). The topological polar surface area (TPSA) is 105 Å². The lowest BCUT2D eigenvalue weighted by atomic mass is 10.1. The van der Waals surface area contributed by atoms with Crippen LogP contribution in [-0.2, 0) is 0 Å². The number of carbonyl (C=O) groups excluding carboxylic acids is 1. The molecule has 0 atom stereocenters. The Morgan fingerprint density at radius 2 is 2.00 bits per heavy atom. The summed E-state index contributed by atoms with van der Waals surface area (Å²) in [5.74, 6) is 4.96. The highest BCUT2D eigenvalue weighted by Gasteiger charge is 2.19. The summed E-state index contributed by atoms with van der Waals surface area (Å²) >= 11 is 0. The second kappa shape index (κ2) is 7.55. The molecule has 3 N–H and O–H groups in total. The summed E-state index contributed by atoms with van der Waals surface area (Å²) in [7, 11) is 5.60. The molecule has 0 saturated heterocycles. The van der Waals surface area contributed by atoms with Crippen molar-refractivity contribution in [1.82, 2.24) is 9.80 Å². The molecule has 1 aromatic rings. The maximum atomic E-state index is 12.2. The van der Waals surface area contributed by atoms with Crippen molar-refractivity contribution in [1.29, 1.82) is 0 Å². The number of hydrogen-bond donors (Lipinski definition) is 2. The summed E-state index contributed by atoms with van der Waals surface area (Å²) in [6.45, 7) is 1.45. The summed E-state index contributed by atoms with van der Waals surface area (Å²) < 4.78 is 0. The monoisotopic (exact) mass is 295 g/mol. The Morgan fingerprint density at radius 1 is 1.33 bits per heavy atom. The van der Waals surface area contributed by atoms with Crippen molar-refractivity contribution in [2.75, 3.05) is 39.7 Å². The van der Waals surface area contributed by atoms with E-state index in [2.05, 4.69) is 5.43 Å². The van der Waals surface area contributed by atoms with Crippen LogP contribution >= 0.6 is 0 Å². The van der Waals surface area contributed by atoms with Crippen molar-refractivity contribution >= 4 is 17.3 Å². The van der Waals surface area contributed by atoms with Gasteiger partial charge in [0.15, 0.2) is 0 Å². The lowest BCUT2D eigenvalue weighted by Crippen LogP contribution is -2.29. The number of nitro groups is 1. The maximum absolute atomic E-state index is 12.2. The molecular formula is C13H21N5O3. The van der Waals surface area contributed by atoms with Crippen LogP contribution in [0.1, 0.15) is 16.8 Å². The molecule has 0 aliphatic heterocycles. The van der Waals surface area contributed by atoms with Crippen molar-refractivity contribution in [3.63, 3.8) is 0 Å². The quantitative estimate of drug-likeness (QED) is 0.440. The zero-order valence-corrected chi connectivity index (χ0v) is 12.5. The molecule has 0 aliphatic rings. The van der Waals surface area contributed by atoms with Gasteiger partial charge in [-0.05, 0) is 39.2 Å². The number of nitrogens with one attached hydrogen (secondary N) is 1. The van der Waals surface area contributed by atoms with Gasteiger partial charge >= 0.3 is 0 Å². The first-order valence-corrected chi connectivity index (χ1v) is 6.52. The third-order valence-corrected chi connectivity index (χ3v) is 3.04. The zero-order chi connectivity index (χ0) is 16.0. The van der Waals surface area contributed by atoms with Crippen molar-refractivity contribution < 1.29 is 9.72 Å². The van der Waals surface area contributed by atoms with Crippen LogP contribution in [0.3, 0.4) is 0 Å². The number of rotatable bonds is 7. The van der Waals surface area contributed by atoms with Gasteiger partial charge < -0.3 is 15.2 Å². The molecule has 1 aromatic carbocycles. The highest BCUT2D eigenvalue weighted by atomic mass is 16.6. The Morgan fingerprint density at radius 3 is 2.52 bits per heavy atom. The number of nitro benzene ring substituents is 1. The third-order valence-electron chi connectivity index (χ3n) is 3.04. The Bertz CT molecular complexity index is 519. The second-order valence-electron chi connectivity index (χ2n) is 5.02. The minimum Gasteiger partial charge on any atom is -0.342 e. The van der Waals surface area contributed by atoms with Gasteiger partial charge in [0.25, 0.3) is 11.6 Å². The summed E-state index contributed by atoms with van der Waals surface area (Å²) in [5.41, 5.74) is 2.47. The first-order chi connectivity index (χ1) is 9.86. The molecule has 21 heavy (non-hydrogen) atoms. The van der Waals surface area contributed by atoms with Crippen molar-refractivity contribution in [3.05, 3.63) is 33.9 Å². The van der Waals surface area contributed by atoms with Gasteiger partial charge in [-0.2, -0.15) is 0 Å². The molecule has 0 fully saturated rings. The molecule has 8 nitrogen and oxygen atoms in total. The van der Waals surface area contributed by atoms with Gasteiger partial charge in [0, 0.05) is 25.2 Å². The smallest absolute Gasteiger partial charge is 0.294 e. The Hall–Kier alpha value is -2.19. The Kier molecular flexibility index (Phi) is 6.07. The van der Waals surface area contributed by atoms with E-state index in [0.717, 1.165) is 13.0 Å². The molecule has 0 bridgehead atoms. The Labute approximate surface area is 123 Å². The normalized spacial score (nSPS) is 10.5. The van der Waals surface area contributed by atoms with E-state index < -0.39 is 4.92 Å². The maximum Gasteiger partial charge on any atom is 0.294 e. The fraction of sp³-hybridized carbons (Fsp3) is 0.462. The van der Waals surface area contributed by atoms with Crippen LogP contribution in [-0.4, -0.2) is 54.9 Å². The van der Waals surface area contributed by atoms with Crippen LogP contribution in [0.5, 0.6) is 0 Å². The lowest BCUT2D eigenvalue weighted by Gasteiger charge is -2.18. The van der Waals surface area contributed by atoms with E-state index in [0.29, 0.717) is 6.54 Å². The molecular weight excluding hydrogens is 274 g/mol. The molecule has 0 heterocycles. The summed E-state index contributed by atoms with van der Waals surface area (Å²) in [6.07, 6.45) is 0.833. The number of nitrogen functional groups attached to an aromatic ring is 1. The fourth-order valence-corrected chi connectivity index (χ4v) is 1.88. The standard InChI is InChI=1S/C13H21N5O3/c1-16(2)7-4-8-17(3)13(19)10-5-6-11(15-14)12(9-10)18(20)21/h5-6,9,15H,4,7-8,14H2,1-3H3. The highest BCUT2D eigenvalue weighted by molar-refractivity contribution is 5.95. The molecule has 0 aromatic heterocycles. The summed E-state index contributed by atoms with van der Waals surface area (Å²) in [6, 6.07) is 4.19. The summed E-state index contributed by atoms with van der Waals surface area (Å²) in [5, 5.41) is 11.0. The third kappa shape index (κ3) is 4.69. The van der Waals surface area contributed by atoms with Crippen molar-refractivity contribution in [2.24, 2.45) is 5.84 Å². The lowest BCUT2D eigenvalue weighted by molar-refractivity contribution is -0.384. The van der Waals surface area contributed by atoms with Gasteiger partial charge in [-0.1, -0.05) is 0 Å². The number of benzene rings is 1. The Balaban J connectivity index is 2.82. The average Bonchev–Trinajstić information content (AvgIpc) is 2.45. The number of anilines is 1. The molecule has 0 radical (unpaired) electrons. The SMILES string of the molecule is CN(C)CCCN(C)C(=O)c1ccc(NN)c([N+](=O)[O-])c1. The molecule has 0 unspecified atom stereocenters. The number of nitrogens with two attached hydrogens (primary N) is 1. The number of carbonyl (C=O) groups is 1. The van der Waals surface area contributed by atoms with Crippen LogP contribution in [0.15, 0.2) is 18.2 Å². The van der Waals surface area contributed by atoms with E-state index in [-0.39, 0.29) is 22.8 Å². The molecule has 0 spiro atoms. The van der Waals surface area contributed by atoms with E-state index >= 15 is 0 Å². The fourth-order valence-electron chi connectivity index (χ4n) is 1.88. The van der Waals surface area contributed by atoms with Crippen LogP contribution in [0.2, 0.25) is 0 Å². The predicted molar refractivity (Wildman–Crippen MR) is 81.0 cm³/mol. The number of hydrazine groups is 1. The largest absolute Gasteiger partial charge is 0.342 e. The van der Waals surface area contributed by atoms with E-state index in [9.17, 15) is 14.9 Å². The highest BCUT2D eigenvalue weighted by Crippen LogP contribution is 2.25. The first-order valence-electron chi connectivity index (χ1n) is 6.52. The molecule has 1 amide bonds. The van der Waals surface area contributed by atoms with E-state index in [1.807, 2.05) is 19.0 Å². The van der Waals surface area contributed by atoms with Gasteiger partial charge in [-0.15, -0.1) is 0 Å². The number of hydrogen-bond acceptors (Lipinski definition) is 6. The van der Waals surface area contributed by atoms with E-state index in [1.54, 1.807) is 11.9 Å². The van der Waals surface area contributed by atoms with E-state index in [1.165, 1.54) is 18.2 Å². The predicted octanol–water partition coefficient (Wildman–Crippen LogP) is 0.904. The second-order valence-corrected chi connectivity index (χ2v) is 5.02. The van der Waals surface area contributed by atoms with Crippen LogP contribution in [0, 0.1) is 10.1 Å². The van der Waals surface area contributed by atoms with E-state index in [4.69, 9.17) is 5.84 Å². The molecule has 0 aliphatic carbocycles. The summed E-state index contributed by atoms with van der Waals surface area (Å²) in [4.78, 5) is 26.2. The minimum absolute atomic E-state index is 0.173. The first kappa shape index (κ1) is 16.9. The molecule has 116 valence electrons. The van der Waals surface area contributed by atoms with Gasteiger partial charge in [-0.3, -0.25) is 20.8 Å². The van der Waals surface area contributed by atoms with Gasteiger partial charge in [-0.25, -0.2) is 0 Å². The molecule has 8 heteroatoms. The average molecular weight is 295 g/mol. The van der Waals surface area contributed by atoms with Gasteiger partial charge in [0.1, 0.15) is 5.69 Å². The van der Waals surface area contributed by atoms with Crippen molar-refractivity contribution in [2.45, 2.75) is 6.42 Å². The van der Waals surface area contributed by atoms with Crippen molar-refractivity contribution in [3.8, 4) is 0 Å². The molecule has 0 saturated carbocycles. The van der Waals surface area contributed by atoms with Crippen LogP contribution < -0.4 is 11.3 Å². The minimum atomic E-state index is -0.571. The van der Waals surface area contributed by atoms with Crippen LogP contribution in [0.4, 0.5) is 11.4 Å². The number of nitrogens with zero attached hydrogens (tertiary/aromatic N) is 3. The number of amides is 1.